The molecule has 0 amide bonds. The van der Waals surface area contributed by atoms with Gasteiger partial charge in [-0.05, 0) is 59.8 Å². The third-order valence-corrected chi connectivity index (χ3v) is 8.23. The molecular weight excluding hydrogens is 401 g/mol. The summed E-state index contributed by atoms with van der Waals surface area (Å²) in [7, 11) is 2.33. The molecule has 2 aromatic rings. The van der Waals surface area contributed by atoms with Crippen molar-refractivity contribution in [1.82, 2.24) is 5.32 Å². The maximum atomic E-state index is 6.17. The SMILES string of the molecule is CCNCc1cccc(C)c1PC(C)(CC)c1cc(C(C)(C)C)cc(C)c1OCOC. The summed E-state index contributed by atoms with van der Waals surface area (Å²) in [5.74, 6) is 0.980. The Morgan fingerprint density at radius 1 is 1.00 bits per heavy atom. The second-order valence-corrected chi connectivity index (χ2v) is 11.5. The van der Waals surface area contributed by atoms with Crippen molar-refractivity contribution in [1.29, 1.82) is 0 Å². The lowest BCUT2D eigenvalue weighted by Crippen LogP contribution is -2.26. The summed E-state index contributed by atoms with van der Waals surface area (Å²) in [6.07, 6.45) is 1.04. The Kier molecular flexibility index (Phi) is 9.13. The summed E-state index contributed by atoms with van der Waals surface area (Å²) >= 11 is 0. The zero-order valence-electron chi connectivity index (χ0n) is 21.0. The smallest absolute Gasteiger partial charge is 0.188 e. The highest BCUT2D eigenvalue weighted by atomic mass is 31.1. The van der Waals surface area contributed by atoms with Gasteiger partial charge in [-0.1, -0.05) is 80.5 Å². The van der Waals surface area contributed by atoms with E-state index < -0.39 is 0 Å². The third-order valence-electron chi connectivity index (χ3n) is 6.09. The first-order valence-electron chi connectivity index (χ1n) is 11.4. The minimum Gasteiger partial charge on any atom is -0.467 e. The summed E-state index contributed by atoms with van der Waals surface area (Å²) in [5, 5.41) is 4.97. The summed E-state index contributed by atoms with van der Waals surface area (Å²) in [6, 6.07) is 11.4. The monoisotopic (exact) mass is 443 g/mol. The molecule has 0 saturated heterocycles. The van der Waals surface area contributed by atoms with Crippen molar-refractivity contribution in [3.05, 3.63) is 58.1 Å². The summed E-state index contributed by atoms with van der Waals surface area (Å²) in [5.41, 5.74) is 6.69. The van der Waals surface area contributed by atoms with Gasteiger partial charge in [-0.15, -0.1) is 0 Å². The first-order valence-corrected chi connectivity index (χ1v) is 12.4. The molecule has 0 fully saturated rings. The van der Waals surface area contributed by atoms with E-state index in [1.165, 1.54) is 33.1 Å². The van der Waals surface area contributed by atoms with Crippen LogP contribution in [-0.4, -0.2) is 20.4 Å². The van der Waals surface area contributed by atoms with Gasteiger partial charge in [0.2, 0.25) is 0 Å². The van der Waals surface area contributed by atoms with Gasteiger partial charge in [0.25, 0.3) is 0 Å². The number of methoxy groups -OCH3 is 1. The van der Waals surface area contributed by atoms with Crippen molar-refractivity contribution in [2.75, 3.05) is 20.4 Å². The Morgan fingerprint density at radius 3 is 2.29 bits per heavy atom. The zero-order chi connectivity index (χ0) is 23.2. The van der Waals surface area contributed by atoms with Crippen LogP contribution >= 0.6 is 8.58 Å². The molecule has 3 nitrogen and oxygen atoms in total. The van der Waals surface area contributed by atoms with Crippen LogP contribution in [0.3, 0.4) is 0 Å². The largest absolute Gasteiger partial charge is 0.467 e. The lowest BCUT2D eigenvalue weighted by atomic mass is 9.82. The average molecular weight is 444 g/mol. The van der Waals surface area contributed by atoms with Gasteiger partial charge in [0.05, 0.1) is 0 Å². The molecule has 172 valence electrons. The molecule has 2 aromatic carbocycles. The van der Waals surface area contributed by atoms with Crippen LogP contribution in [0, 0.1) is 13.8 Å². The fourth-order valence-corrected chi connectivity index (χ4v) is 5.52. The molecule has 0 bridgehead atoms. The maximum absolute atomic E-state index is 6.17. The Hall–Kier alpha value is -1.41. The van der Waals surface area contributed by atoms with Crippen molar-refractivity contribution in [2.24, 2.45) is 0 Å². The Balaban J connectivity index is 2.64. The second kappa shape index (κ2) is 10.9. The van der Waals surface area contributed by atoms with Crippen LogP contribution in [0.2, 0.25) is 0 Å². The van der Waals surface area contributed by atoms with Crippen molar-refractivity contribution >= 4 is 13.9 Å². The van der Waals surface area contributed by atoms with Crippen molar-refractivity contribution in [2.45, 2.75) is 78.9 Å². The van der Waals surface area contributed by atoms with E-state index >= 15 is 0 Å². The van der Waals surface area contributed by atoms with E-state index in [0.717, 1.165) is 25.3 Å². The van der Waals surface area contributed by atoms with E-state index in [1.54, 1.807) is 7.11 Å². The molecule has 0 radical (unpaired) electrons. The molecule has 0 heterocycles. The van der Waals surface area contributed by atoms with Crippen LogP contribution in [-0.2, 0) is 21.9 Å². The van der Waals surface area contributed by atoms with Gasteiger partial charge < -0.3 is 14.8 Å². The zero-order valence-corrected chi connectivity index (χ0v) is 22.0. The second-order valence-electron chi connectivity index (χ2n) is 9.67. The number of aryl methyl sites for hydroxylation is 2. The van der Waals surface area contributed by atoms with E-state index in [2.05, 4.69) is 91.0 Å². The molecular formula is C27H42NO2P. The van der Waals surface area contributed by atoms with E-state index in [0.29, 0.717) is 8.58 Å². The first kappa shape index (κ1) is 25.8. The number of benzene rings is 2. The van der Waals surface area contributed by atoms with Crippen LogP contribution in [0.5, 0.6) is 5.75 Å². The number of hydrogen-bond acceptors (Lipinski definition) is 3. The molecule has 4 heteroatoms. The lowest BCUT2D eigenvalue weighted by Gasteiger charge is -2.34. The van der Waals surface area contributed by atoms with E-state index in [9.17, 15) is 0 Å². The van der Waals surface area contributed by atoms with Crippen molar-refractivity contribution in [3.8, 4) is 5.75 Å². The van der Waals surface area contributed by atoms with Gasteiger partial charge >= 0.3 is 0 Å². The summed E-state index contributed by atoms with van der Waals surface area (Å²) in [6.45, 7) is 20.3. The van der Waals surface area contributed by atoms with Crippen LogP contribution < -0.4 is 15.4 Å². The van der Waals surface area contributed by atoms with E-state index in [1.807, 2.05) is 0 Å². The standard InChI is InChI=1S/C27H42NO2P/c1-10-27(8,31-25-19(3)13-12-14-21(25)17-28-11-2)23-16-22(26(5,6)7)15-20(4)24(23)30-18-29-9/h12-16,28,31H,10-11,17-18H2,1-9H3. The molecule has 0 saturated carbocycles. The minimum absolute atomic E-state index is 0.0256. The van der Waals surface area contributed by atoms with Gasteiger partial charge in [-0.3, -0.25) is 0 Å². The minimum atomic E-state index is -0.0256. The van der Waals surface area contributed by atoms with E-state index in [-0.39, 0.29) is 17.4 Å². The topological polar surface area (TPSA) is 30.5 Å². The molecule has 0 aliphatic rings. The van der Waals surface area contributed by atoms with Gasteiger partial charge in [-0.25, -0.2) is 0 Å². The Labute approximate surface area is 192 Å². The lowest BCUT2D eigenvalue weighted by molar-refractivity contribution is 0.0495. The average Bonchev–Trinajstić information content (AvgIpc) is 2.72. The number of ether oxygens (including phenoxy) is 2. The van der Waals surface area contributed by atoms with Gasteiger partial charge in [-0.2, -0.15) is 0 Å². The molecule has 1 N–H and O–H groups in total. The molecule has 2 atom stereocenters. The van der Waals surface area contributed by atoms with Crippen LogP contribution in [0.25, 0.3) is 0 Å². The molecule has 31 heavy (non-hydrogen) atoms. The fourth-order valence-electron chi connectivity index (χ4n) is 3.86. The normalized spacial score (nSPS) is 14.2. The predicted molar refractivity (Wildman–Crippen MR) is 137 cm³/mol. The van der Waals surface area contributed by atoms with Gasteiger partial charge in [0.1, 0.15) is 5.75 Å². The number of rotatable bonds is 10. The van der Waals surface area contributed by atoms with Gasteiger partial charge in [0, 0.05) is 24.4 Å². The highest BCUT2D eigenvalue weighted by Crippen LogP contribution is 2.50. The molecule has 2 unspecified atom stereocenters. The molecule has 0 aliphatic heterocycles. The van der Waals surface area contributed by atoms with E-state index in [4.69, 9.17) is 9.47 Å². The Morgan fingerprint density at radius 2 is 1.71 bits per heavy atom. The predicted octanol–water partition coefficient (Wildman–Crippen LogP) is 6.32. The van der Waals surface area contributed by atoms with Crippen molar-refractivity contribution in [3.63, 3.8) is 0 Å². The first-order chi connectivity index (χ1) is 14.6. The molecule has 0 aromatic heterocycles. The summed E-state index contributed by atoms with van der Waals surface area (Å²) < 4.78 is 11.4. The van der Waals surface area contributed by atoms with Crippen LogP contribution in [0.4, 0.5) is 0 Å². The fraction of sp³-hybridized carbons (Fsp3) is 0.556. The Bertz CT molecular complexity index is 872. The molecule has 0 spiro atoms. The number of nitrogens with one attached hydrogen (secondary N) is 1. The quantitative estimate of drug-likeness (QED) is 0.344. The summed E-state index contributed by atoms with van der Waals surface area (Å²) in [4.78, 5) is 0. The van der Waals surface area contributed by atoms with Gasteiger partial charge in [0.15, 0.2) is 6.79 Å². The third kappa shape index (κ3) is 6.31. The molecule has 0 aliphatic carbocycles. The number of hydrogen-bond donors (Lipinski definition) is 1. The highest BCUT2D eigenvalue weighted by Gasteiger charge is 2.32. The molecule has 2 rings (SSSR count). The van der Waals surface area contributed by atoms with Crippen LogP contribution in [0.1, 0.15) is 75.8 Å². The highest BCUT2D eigenvalue weighted by molar-refractivity contribution is 7.48. The van der Waals surface area contributed by atoms with Crippen LogP contribution in [0.15, 0.2) is 30.3 Å². The van der Waals surface area contributed by atoms with Crippen molar-refractivity contribution < 1.29 is 9.47 Å². The maximum Gasteiger partial charge on any atom is 0.188 e.